The number of esters is 1. The van der Waals surface area contributed by atoms with Crippen molar-refractivity contribution < 1.29 is 13.7 Å². The van der Waals surface area contributed by atoms with E-state index in [9.17, 15) is 9.00 Å². The van der Waals surface area contributed by atoms with Gasteiger partial charge < -0.3 is 10.1 Å². The van der Waals surface area contributed by atoms with Gasteiger partial charge in [-0.05, 0) is 13.3 Å². The second-order valence-corrected chi connectivity index (χ2v) is 5.72. The molecule has 0 radical (unpaired) electrons. The minimum atomic E-state index is -0.775. The number of rotatable bonds is 7. The molecule has 0 saturated carbocycles. The summed E-state index contributed by atoms with van der Waals surface area (Å²) in [6.07, 6.45) is 2.47. The van der Waals surface area contributed by atoms with E-state index in [1.807, 2.05) is 0 Å². The molecule has 0 spiro atoms. The number of anilines is 1. The number of ether oxygens (including phenoxy) is 1. The van der Waals surface area contributed by atoms with Gasteiger partial charge in [-0.2, -0.15) is 0 Å². The molecule has 0 aliphatic heterocycles. The van der Waals surface area contributed by atoms with Crippen molar-refractivity contribution in [3.63, 3.8) is 0 Å². The van der Waals surface area contributed by atoms with Gasteiger partial charge in [-0.1, -0.05) is 0 Å². The molecule has 5 nitrogen and oxygen atoms in total. The number of carbonyl (C=O) groups excluding carboxylic acids is 1. The molecule has 7 heteroatoms. The highest BCUT2D eigenvalue weighted by atomic mass is 32.2. The molecule has 0 bridgehead atoms. The number of hydrogen-bond acceptors (Lipinski definition) is 6. The third-order valence-electron chi connectivity index (χ3n) is 1.93. The largest absolute Gasteiger partial charge is 0.461 e. The average molecular weight is 276 g/mol. The normalized spacial score (nSPS) is 12.1. The Kier molecular flexibility index (Phi) is 6.13. The third kappa shape index (κ3) is 4.82. The van der Waals surface area contributed by atoms with Gasteiger partial charge in [0.1, 0.15) is 5.00 Å². The predicted molar refractivity (Wildman–Crippen MR) is 70.1 cm³/mol. The fraction of sp³-hybridized carbons (Fsp3) is 0.600. The molecule has 0 saturated heterocycles. The Hall–Kier alpha value is -0.950. The van der Waals surface area contributed by atoms with E-state index < -0.39 is 16.8 Å². The number of nitrogens with one attached hydrogen (secondary N) is 1. The van der Waals surface area contributed by atoms with Crippen LogP contribution in [0.1, 0.15) is 23.8 Å². The van der Waals surface area contributed by atoms with Crippen molar-refractivity contribution in [2.45, 2.75) is 13.3 Å². The highest BCUT2D eigenvalue weighted by molar-refractivity contribution is 7.84. The fourth-order valence-corrected chi connectivity index (χ4v) is 2.44. The van der Waals surface area contributed by atoms with Crippen LogP contribution in [0.15, 0.2) is 5.51 Å². The summed E-state index contributed by atoms with van der Waals surface area (Å²) in [6, 6.07) is 0. The van der Waals surface area contributed by atoms with E-state index in [0.29, 0.717) is 29.6 Å². The smallest absolute Gasteiger partial charge is 0.360 e. The molecule has 96 valence electrons. The van der Waals surface area contributed by atoms with Gasteiger partial charge in [-0.3, -0.25) is 4.21 Å². The van der Waals surface area contributed by atoms with Crippen LogP contribution in [0.25, 0.3) is 0 Å². The summed E-state index contributed by atoms with van der Waals surface area (Å²) in [4.78, 5) is 15.5. The van der Waals surface area contributed by atoms with Gasteiger partial charge in [0.05, 0.1) is 12.1 Å². The summed E-state index contributed by atoms with van der Waals surface area (Å²) in [6.45, 7) is 2.77. The topological polar surface area (TPSA) is 68.3 Å². The quantitative estimate of drug-likeness (QED) is 0.604. The average Bonchev–Trinajstić information content (AvgIpc) is 2.72. The van der Waals surface area contributed by atoms with Crippen LogP contribution in [0.5, 0.6) is 0 Å². The lowest BCUT2D eigenvalue weighted by Gasteiger charge is -2.05. The molecule has 0 aromatic carbocycles. The van der Waals surface area contributed by atoms with Crippen LogP contribution in [0.3, 0.4) is 0 Å². The van der Waals surface area contributed by atoms with Crippen molar-refractivity contribution in [3.8, 4) is 0 Å². The number of hydrogen-bond donors (Lipinski definition) is 1. The first kappa shape index (κ1) is 14.1. The first-order valence-corrected chi connectivity index (χ1v) is 7.90. The van der Waals surface area contributed by atoms with E-state index in [2.05, 4.69) is 10.3 Å². The minimum absolute atomic E-state index is 0.328. The summed E-state index contributed by atoms with van der Waals surface area (Å²) in [7, 11) is -0.775. The van der Waals surface area contributed by atoms with E-state index in [1.165, 1.54) is 11.3 Å². The molecule has 0 aliphatic rings. The molecule has 1 N–H and O–H groups in total. The van der Waals surface area contributed by atoms with Gasteiger partial charge in [-0.25, -0.2) is 9.78 Å². The van der Waals surface area contributed by atoms with Crippen molar-refractivity contribution in [2.24, 2.45) is 0 Å². The summed E-state index contributed by atoms with van der Waals surface area (Å²) in [5.74, 6) is 0.246. The zero-order valence-electron chi connectivity index (χ0n) is 9.89. The number of thiazole rings is 1. The molecular formula is C10H16N2O3S2. The molecule has 1 aromatic rings. The second-order valence-electron chi connectivity index (χ2n) is 3.31. The Morgan fingerprint density at radius 1 is 1.65 bits per heavy atom. The fourth-order valence-electron chi connectivity index (χ4n) is 1.19. The zero-order valence-corrected chi connectivity index (χ0v) is 11.5. The van der Waals surface area contributed by atoms with Crippen molar-refractivity contribution in [1.29, 1.82) is 0 Å². The molecule has 17 heavy (non-hydrogen) atoms. The van der Waals surface area contributed by atoms with E-state index >= 15 is 0 Å². The van der Waals surface area contributed by atoms with Gasteiger partial charge in [0, 0.05) is 29.4 Å². The van der Waals surface area contributed by atoms with E-state index in [4.69, 9.17) is 4.74 Å². The summed E-state index contributed by atoms with van der Waals surface area (Å²) >= 11 is 1.36. The lowest BCUT2D eigenvalue weighted by molar-refractivity contribution is 0.0521. The van der Waals surface area contributed by atoms with Crippen LogP contribution in [0.2, 0.25) is 0 Å². The third-order valence-corrected chi connectivity index (χ3v) is 3.58. The van der Waals surface area contributed by atoms with Crippen LogP contribution in [0, 0.1) is 0 Å². The van der Waals surface area contributed by atoms with Crippen molar-refractivity contribution in [1.82, 2.24) is 4.98 Å². The number of carbonyl (C=O) groups is 1. The van der Waals surface area contributed by atoms with Crippen LogP contribution in [0.4, 0.5) is 5.00 Å². The molecule has 1 aromatic heterocycles. The van der Waals surface area contributed by atoms with Gasteiger partial charge in [0.15, 0.2) is 5.69 Å². The predicted octanol–water partition coefficient (Wildman–Crippen LogP) is 1.50. The van der Waals surface area contributed by atoms with E-state index in [1.54, 1.807) is 18.7 Å². The van der Waals surface area contributed by atoms with Gasteiger partial charge >= 0.3 is 5.97 Å². The van der Waals surface area contributed by atoms with Crippen LogP contribution in [-0.4, -0.2) is 40.3 Å². The lowest BCUT2D eigenvalue weighted by Crippen LogP contribution is -2.11. The van der Waals surface area contributed by atoms with Crippen molar-refractivity contribution in [3.05, 3.63) is 11.2 Å². The van der Waals surface area contributed by atoms with Crippen LogP contribution >= 0.6 is 11.3 Å². The lowest BCUT2D eigenvalue weighted by atomic mass is 10.4. The highest BCUT2D eigenvalue weighted by Gasteiger charge is 2.15. The highest BCUT2D eigenvalue weighted by Crippen LogP contribution is 2.20. The van der Waals surface area contributed by atoms with E-state index in [0.717, 1.165) is 6.42 Å². The molecule has 0 amide bonds. The molecular weight excluding hydrogens is 260 g/mol. The Labute approximate surface area is 107 Å². The second kappa shape index (κ2) is 7.39. The maximum Gasteiger partial charge on any atom is 0.360 e. The minimum Gasteiger partial charge on any atom is -0.461 e. The summed E-state index contributed by atoms with van der Waals surface area (Å²) in [5, 5.41) is 3.82. The molecule has 1 atom stereocenters. The summed E-state index contributed by atoms with van der Waals surface area (Å²) in [5.41, 5.74) is 1.93. The van der Waals surface area contributed by atoms with Crippen molar-refractivity contribution in [2.75, 3.05) is 30.5 Å². The summed E-state index contributed by atoms with van der Waals surface area (Å²) < 4.78 is 15.8. The number of nitrogens with zero attached hydrogens (tertiary/aromatic N) is 1. The van der Waals surface area contributed by atoms with Crippen LogP contribution in [-0.2, 0) is 15.5 Å². The zero-order chi connectivity index (χ0) is 12.7. The Morgan fingerprint density at radius 3 is 3.06 bits per heavy atom. The maximum absolute atomic E-state index is 11.5. The maximum atomic E-state index is 11.5. The Bertz CT molecular complexity index is 393. The van der Waals surface area contributed by atoms with Gasteiger partial charge in [0.25, 0.3) is 0 Å². The molecule has 0 fully saturated rings. The number of aromatic nitrogens is 1. The Morgan fingerprint density at radius 2 is 2.41 bits per heavy atom. The van der Waals surface area contributed by atoms with E-state index in [-0.39, 0.29) is 0 Å². The monoisotopic (exact) mass is 276 g/mol. The standard InChI is InChI=1S/C10H16N2O3S2/c1-3-15-10(13)8-9(16-7-12-8)11-5-4-6-17(2)14/h7,11H,3-6H2,1-2H3. The molecule has 0 aliphatic carbocycles. The molecule has 1 heterocycles. The first-order chi connectivity index (χ1) is 8.15. The molecule has 1 rings (SSSR count). The van der Waals surface area contributed by atoms with Gasteiger partial charge in [-0.15, -0.1) is 11.3 Å². The Balaban J connectivity index is 2.45. The first-order valence-electron chi connectivity index (χ1n) is 5.29. The van der Waals surface area contributed by atoms with Crippen LogP contribution < -0.4 is 5.32 Å². The SMILES string of the molecule is CCOC(=O)c1ncsc1NCCCS(C)=O. The van der Waals surface area contributed by atoms with Crippen molar-refractivity contribution >= 4 is 33.1 Å². The van der Waals surface area contributed by atoms with Gasteiger partial charge in [0.2, 0.25) is 0 Å². The molecule has 1 unspecified atom stereocenters.